The van der Waals surface area contributed by atoms with E-state index < -0.39 is 0 Å². The number of amides is 1. The third-order valence-corrected chi connectivity index (χ3v) is 5.24. The van der Waals surface area contributed by atoms with Crippen LogP contribution in [0.3, 0.4) is 0 Å². The van der Waals surface area contributed by atoms with Crippen LogP contribution in [0.4, 0.5) is 0 Å². The van der Waals surface area contributed by atoms with E-state index >= 15 is 0 Å². The van der Waals surface area contributed by atoms with Gasteiger partial charge >= 0.3 is 0 Å². The van der Waals surface area contributed by atoms with Crippen LogP contribution in [0.2, 0.25) is 0 Å². The van der Waals surface area contributed by atoms with Crippen LogP contribution in [0.15, 0.2) is 30.6 Å². The number of carbonyl (C=O) groups is 2. The highest BCUT2D eigenvalue weighted by Crippen LogP contribution is 2.32. The van der Waals surface area contributed by atoms with Gasteiger partial charge in [-0.3, -0.25) is 14.2 Å². The Morgan fingerprint density at radius 3 is 2.12 bits per heavy atom. The standard InChI is InChI=1S/C21H34N2O2/c1-8-12-14-23(20(5,6)7)18(24)17-13-15-22(16-17)19(25)21(9-2,10-3)11-4/h8,12-13,15-16H,9-11,14H2,1-7H3/b12-8+. The molecule has 1 aromatic rings. The SMILES string of the molecule is C/C=C/CN(C(=O)c1ccn(C(=O)C(CC)(CC)CC)c1)C(C)(C)C. The van der Waals surface area contributed by atoms with Gasteiger partial charge in [0.05, 0.1) is 5.56 Å². The fourth-order valence-electron chi connectivity index (χ4n) is 3.15. The van der Waals surface area contributed by atoms with Gasteiger partial charge in [-0.05, 0) is 53.0 Å². The molecule has 0 unspecified atom stereocenters. The molecule has 1 heterocycles. The Morgan fingerprint density at radius 1 is 1.12 bits per heavy atom. The first-order valence-corrected chi connectivity index (χ1v) is 9.32. The van der Waals surface area contributed by atoms with Gasteiger partial charge in [-0.1, -0.05) is 32.9 Å². The predicted octanol–water partition coefficient (Wildman–Crippen LogP) is 5.16. The smallest absolute Gasteiger partial charge is 0.256 e. The molecular weight excluding hydrogens is 312 g/mol. The Balaban J connectivity index is 3.14. The molecule has 140 valence electrons. The van der Waals surface area contributed by atoms with Crippen molar-refractivity contribution in [1.29, 1.82) is 0 Å². The molecule has 0 N–H and O–H groups in total. The van der Waals surface area contributed by atoms with E-state index in [0.717, 1.165) is 19.3 Å². The average Bonchev–Trinajstić information content (AvgIpc) is 3.05. The Morgan fingerprint density at radius 2 is 1.68 bits per heavy atom. The van der Waals surface area contributed by atoms with Gasteiger partial charge in [0.1, 0.15) is 0 Å². The molecule has 0 atom stereocenters. The van der Waals surface area contributed by atoms with Gasteiger partial charge in [0.15, 0.2) is 0 Å². The van der Waals surface area contributed by atoms with E-state index in [1.807, 2.05) is 44.7 Å². The summed E-state index contributed by atoms with van der Waals surface area (Å²) in [5.74, 6) is 0.0297. The van der Waals surface area contributed by atoms with E-state index in [1.54, 1.807) is 23.0 Å². The summed E-state index contributed by atoms with van der Waals surface area (Å²) < 4.78 is 1.60. The van der Waals surface area contributed by atoms with Crippen LogP contribution in [0, 0.1) is 5.41 Å². The van der Waals surface area contributed by atoms with Crippen LogP contribution in [-0.2, 0) is 0 Å². The minimum absolute atomic E-state index is 0.0488. The highest BCUT2D eigenvalue weighted by Gasteiger charge is 2.34. The maximum Gasteiger partial charge on any atom is 0.256 e. The number of allylic oxidation sites excluding steroid dienone is 1. The highest BCUT2D eigenvalue weighted by molar-refractivity contribution is 5.96. The first-order chi connectivity index (χ1) is 11.7. The fourth-order valence-corrected chi connectivity index (χ4v) is 3.15. The molecule has 0 spiro atoms. The third-order valence-electron chi connectivity index (χ3n) is 5.24. The van der Waals surface area contributed by atoms with E-state index in [1.165, 1.54) is 0 Å². The van der Waals surface area contributed by atoms with E-state index in [0.29, 0.717) is 12.1 Å². The number of hydrogen-bond donors (Lipinski definition) is 0. The minimum atomic E-state index is -0.353. The molecule has 4 heteroatoms. The molecule has 4 nitrogen and oxygen atoms in total. The summed E-state index contributed by atoms with van der Waals surface area (Å²) in [7, 11) is 0. The van der Waals surface area contributed by atoms with Crippen molar-refractivity contribution in [2.24, 2.45) is 5.41 Å². The number of rotatable bonds is 7. The molecule has 0 aromatic carbocycles. The van der Waals surface area contributed by atoms with Crippen LogP contribution in [0.25, 0.3) is 0 Å². The molecule has 1 rings (SSSR count). The summed E-state index contributed by atoms with van der Waals surface area (Å²) in [5, 5.41) is 0. The Bertz CT molecular complexity index is 608. The van der Waals surface area contributed by atoms with E-state index in [-0.39, 0.29) is 22.8 Å². The van der Waals surface area contributed by atoms with Crippen molar-refractivity contribution in [2.75, 3.05) is 6.54 Å². The molecule has 0 saturated carbocycles. The second-order valence-electron chi connectivity index (χ2n) is 7.61. The highest BCUT2D eigenvalue weighted by atomic mass is 16.2. The van der Waals surface area contributed by atoms with Gasteiger partial charge in [-0.2, -0.15) is 0 Å². The van der Waals surface area contributed by atoms with E-state index in [4.69, 9.17) is 0 Å². The Labute approximate surface area is 152 Å². The second kappa shape index (κ2) is 8.50. The van der Waals surface area contributed by atoms with Gasteiger partial charge in [-0.15, -0.1) is 0 Å². The average molecular weight is 347 g/mol. The minimum Gasteiger partial charge on any atom is -0.330 e. The lowest BCUT2D eigenvalue weighted by atomic mass is 9.79. The largest absolute Gasteiger partial charge is 0.330 e. The maximum absolute atomic E-state index is 13.0. The Kier molecular flexibility index (Phi) is 7.21. The monoisotopic (exact) mass is 346 g/mol. The molecule has 0 radical (unpaired) electrons. The maximum atomic E-state index is 13.0. The summed E-state index contributed by atoms with van der Waals surface area (Å²) in [4.78, 5) is 27.7. The van der Waals surface area contributed by atoms with Crippen LogP contribution in [0.5, 0.6) is 0 Å². The summed E-state index contributed by atoms with van der Waals surface area (Å²) in [6.45, 7) is 14.7. The van der Waals surface area contributed by atoms with Crippen LogP contribution in [0.1, 0.15) is 82.9 Å². The van der Waals surface area contributed by atoms with Gasteiger partial charge in [0, 0.05) is 29.9 Å². The summed E-state index contributed by atoms with van der Waals surface area (Å²) >= 11 is 0. The molecule has 1 amide bonds. The van der Waals surface area contributed by atoms with Gasteiger partial charge in [-0.25, -0.2) is 0 Å². The molecule has 25 heavy (non-hydrogen) atoms. The molecular formula is C21H34N2O2. The van der Waals surface area contributed by atoms with Crippen molar-refractivity contribution in [3.63, 3.8) is 0 Å². The van der Waals surface area contributed by atoms with Crippen molar-refractivity contribution < 1.29 is 9.59 Å². The topological polar surface area (TPSA) is 42.3 Å². The molecule has 0 aliphatic carbocycles. The lowest BCUT2D eigenvalue weighted by molar-refractivity contribution is 0.0616. The molecule has 0 fully saturated rings. The number of hydrogen-bond acceptors (Lipinski definition) is 2. The van der Waals surface area contributed by atoms with Gasteiger partial charge < -0.3 is 4.90 Å². The zero-order chi connectivity index (χ0) is 19.3. The van der Waals surface area contributed by atoms with Crippen LogP contribution < -0.4 is 0 Å². The normalized spacial score (nSPS) is 12.6. The van der Waals surface area contributed by atoms with Crippen LogP contribution in [-0.4, -0.2) is 33.4 Å². The molecule has 0 aliphatic heterocycles. The van der Waals surface area contributed by atoms with Crippen molar-refractivity contribution in [2.45, 2.75) is 73.3 Å². The van der Waals surface area contributed by atoms with E-state index in [9.17, 15) is 9.59 Å². The summed E-state index contributed by atoms with van der Waals surface area (Å²) in [5.41, 5.74) is -0.0820. The van der Waals surface area contributed by atoms with Crippen molar-refractivity contribution in [3.8, 4) is 0 Å². The lowest BCUT2D eigenvalue weighted by Gasteiger charge is -2.34. The predicted molar refractivity (Wildman–Crippen MR) is 104 cm³/mol. The van der Waals surface area contributed by atoms with Crippen molar-refractivity contribution in [3.05, 3.63) is 36.2 Å². The van der Waals surface area contributed by atoms with Crippen LogP contribution >= 0.6 is 0 Å². The van der Waals surface area contributed by atoms with E-state index in [2.05, 4.69) is 20.8 Å². The van der Waals surface area contributed by atoms with Crippen molar-refractivity contribution >= 4 is 11.8 Å². The molecule has 0 bridgehead atoms. The summed E-state index contributed by atoms with van der Waals surface area (Å²) in [6.07, 6.45) is 9.73. The molecule has 0 saturated heterocycles. The molecule has 0 aliphatic rings. The first kappa shape index (κ1) is 21.2. The molecule has 1 aromatic heterocycles. The zero-order valence-electron chi connectivity index (χ0n) is 16.9. The Hall–Kier alpha value is -1.84. The lowest BCUT2D eigenvalue weighted by Crippen LogP contribution is -2.45. The quantitative estimate of drug-likeness (QED) is 0.640. The number of nitrogens with zero attached hydrogens (tertiary/aromatic N) is 2. The van der Waals surface area contributed by atoms with Crippen molar-refractivity contribution in [1.82, 2.24) is 9.47 Å². The zero-order valence-corrected chi connectivity index (χ0v) is 16.9. The number of aromatic nitrogens is 1. The second-order valence-corrected chi connectivity index (χ2v) is 7.61. The fraction of sp³-hybridized carbons (Fsp3) is 0.619. The third kappa shape index (κ3) is 4.62. The van der Waals surface area contributed by atoms with Gasteiger partial charge in [0.25, 0.3) is 5.91 Å². The number of carbonyl (C=O) groups excluding carboxylic acids is 2. The van der Waals surface area contributed by atoms with Gasteiger partial charge in [0.2, 0.25) is 5.91 Å². The summed E-state index contributed by atoms with van der Waals surface area (Å²) in [6, 6.07) is 1.75. The first-order valence-electron chi connectivity index (χ1n) is 9.32.